The fourth-order valence-corrected chi connectivity index (χ4v) is 4.82. The summed E-state index contributed by atoms with van der Waals surface area (Å²) < 4.78 is 11.6. The van der Waals surface area contributed by atoms with Gasteiger partial charge in [-0.25, -0.2) is 4.79 Å². The number of carbonyl (C=O) groups excluding carboxylic acids is 1. The smallest absolute Gasteiger partial charge is 0.410 e. The van der Waals surface area contributed by atoms with Crippen LogP contribution in [0.1, 0.15) is 41.5 Å². The monoisotopic (exact) mass is 337 g/mol. The molecule has 0 bridgehead atoms. The topological polar surface area (TPSA) is 38.8 Å². The van der Waals surface area contributed by atoms with Gasteiger partial charge in [0.2, 0.25) is 9.04 Å². The molecule has 0 heterocycles. The van der Waals surface area contributed by atoms with Crippen molar-refractivity contribution in [3.63, 3.8) is 0 Å². The zero-order valence-corrected chi connectivity index (χ0v) is 16.7. The van der Waals surface area contributed by atoms with Gasteiger partial charge in [-0.15, -0.1) is 0 Å². The lowest BCUT2D eigenvalue weighted by Crippen LogP contribution is -2.43. The number of nitrogens with zero attached hydrogens (tertiary/aromatic N) is 1. The number of ether oxygens (including phenoxy) is 1. The molecule has 1 aromatic rings. The molecule has 1 aromatic carbocycles. The van der Waals surface area contributed by atoms with Crippen molar-refractivity contribution in [2.45, 2.75) is 52.2 Å². The van der Waals surface area contributed by atoms with Crippen LogP contribution < -0.4 is 5.19 Å². The Hall–Kier alpha value is -1.33. The van der Waals surface area contributed by atoms with Gasteiger partial charge in [-0.3, -0.25) is 0 Å². The van der Waals surface area contributed by atoms with Gasteiger partial charge < -0.3 is 14.1 Å². The third-order valence-electron chi connectivity index (χ3n) is 3.31. The van der Waals surface area contributed by atoms with Gasteiger partial charge >= 0.3 is 6.09 Å². The van der Waals surface area contributed by atoms with Crippen molar-refractivity contribution in [1.82, 2.24) is 4.90 Å². The van der Waals surface area contributed by atoms with Crippen LogP contribution in [0.5, 0.6) is 0 Å². The zero-order chi connectivity index (χ0) is 17.7. The van der Waals surface area contributed by atoms with Crippen LogP contribution in [0.25, 0.3) is 0 Å². The molecule has 4 nitrogen and oxygen atoms in total. The number of likely N-dealkylation sites (N-methyl/N-ethyl adjacent to an activating group) is 1. The van der Waals surface area contributed by atoms with Crippen LogP contribution in [0.3, 0.4) is 0 Å². The minimum atomic E-state index is -1.59. The second kappa shape index (κ2) is 7.97. The highest BCUT2D eigenvalue weighted by Crippen LogP contribution is 2.27. The molecular formula is C18H31NO3Si. The predicted octanol–water partition coefficient (Wildman–Crippen LogP) is 3.30. The van der Waals surface area contributed by atoms with E-state index in [2.05, 4.69) is 45.0 Å². The summed E-state index contributed by atoms with van der Waals surface area (Å²) in [6.07, 6.45) is -0.310. The Morgan fingerprint density at radius 3 is 2.13 bits per heavy atom. The lowest BCUT2D eigenvalue weighted by molar-refractivity contribution is 0.0277. The van der Waals surface area contributed by atoms with Gasteiger partial charge in [0.05, 0.1) is 6.61 Å². The normalized spacial score (nSPS) is 13.5. The molecule has 0 saturated carbocycles. The van der Waals surface area contributed by atoms with E-state index in [4.69, 9.17) is 9.16 Å². The fourth-order valence-electron chi connectivity index (χ4n) is 2.21. The summed E-state index contributed by atoms with van der Waals surface area (Å²) in [5, 5.41) is 1.41. The van der Waals surface area contributed by atoms with Gasteiger partial charge in [0.25, 0.3) is 0 Å². The van der Waals surface area contributed by atoms with E-state index in [1.54, 1.807) is 11.9 Å². The molecule has 0 saturated heterocycles. The van der Waals surface area contributed by atoms with Crippen LogP contribution in [0.2, 0.25) is 5.04 Å². The van der Waals surface area contributed by atoms with Crippen molar-refractivity contribution in [1.29, 1.82) is 0 Å². The van der Waals surface area contributed by atoms with Crippen LogP contribution in [-0.4, -0.2) is 45.8 Å². The van der Waals surface area contributed by atoms with Gasteiger partial charge in [0, 0.05) is 13.6 Å². The Balaban J connectivity index is 2.58. The minimum absolute atomic E-state index is 0.117. The van der Waals surface area contributed by atoms with Crippen LogP contribution >= 0.6 is 0 Å². The van der Waals surface area contributed by atoms with E-state index >= 15 is 0 Å². The molecule has 1 amide bonds. The average molecular weight is 338 g/mol. The van der Waals surface area contributed by atoms with Crippen molar-refractivity contribution in [2.75, 3.05) is 20.2 Å². The van der Waals surface area contributed by atoms with E-state index in [1.807, 2.05) is 26.8 Å². The summed E-state index contributed by atoms with van der Waals surface area (Å²) in [6.45, 7) is 13.3. The second-order valence-electron chi connectivity index (χ2n) is 7.93. The van der Waals surface area contributed by atoms with Gasteiger partial charge in [0.1, 0.15) is 5.60 Å². The Kier molecular flexibility index (Phi) is 6.83. The van der Waals surface area contributed by atoms with E-state index in [-0.39, 0.29) is 11.1 Å². The molecule has 0 N–H and O–H groups in total. The number of carbonyl (C=O) groups is 1. The summed E-state index contributed by atoms with van der Waals surface area (Å²) in [5.41, 5.74) is -0.473. The molecule has 0 aliphatic carbocycles. The number of hydrogen-bond acceptors (Lipinski definition) is 3. The molecule has 1 rings (SSSR count). The molecule has 0 spiro atoms. The molecule has 130 valence electrons. The highest BCUT2D eigenvalue weighted by Gasteiger charge is 2.30. The number of benzene rings is 1. The van der Waals surface area contributed by atoms with Crippen molar-refractivity contribution in [3.05, 3.63) is 30.3 Å². The Labute approximate surface area is 142 Å². The number of amides is 1. The predicted molar refractivity (Wildman–Crippen MR) is 97.8 cm³/mol. The van der Waals surface area contributed by atoms with E-state index in [9.17, 15) is 4.79 Å². The molecule has 0 radical (unpaired) electrons. The van der Waals surface area contributed by atoms with E-state index in [0.29, 0.717) is 13.2 Å². The van der Waals surface area contributed by atoms with Crippen LogP contribution in [0.4, 0.5) is 4.79 Å². The Morgan fingerprint density at radius 2 is 1.65 bits per heavy atom. The summed E-state index contributed by atoms with van der Waals surface area (Å²) in [5.74, 6) is 0. The maximum atomic E-state index is 12.0. The summed E-state index contributed by atoms with van der Waals surface area (Å²) >= 11 is 0. The van der Waals surface area contributed by atoms with Crippen LogP contribution in [0.15, 0.2) is 30.3 Å². The molecular weight excluding hydrogens is 306 g/mol. The third-order valence-corrected chi connectivity index (χ3v) is 6.44. The SMILES string of the molecule is CN(CCO[SiH](c1ccccc1)C(C)(C)C)C(=O)OC(C)(C)C. The van der Waals surface area contributed by atoms with Gasteiger partial charge in [0.15, 0.2) is 0 Å². The number of hydrogen-bond donors (Lipinski definition) is 0. The first-order valence-corrected chi connectivity index (χ1v) is 9.74. The van der Waals surface area contributed by atoms with Crippen molar-refractivity contribution >= 4 is 20.3 Å². The molecule has 0 aliphatic heterocycles. The van der Waals surface area contributed by atoms with Gasteiger partial charge in [-0.1, -0.05) is 51.1 Å². The zero-order valence-electron chi connectivity index (χ0n) is 15.6. The van der Waals surface area contributed by atoms with Crippen molar-refractivity contribution in [2.24, 2.45) is 0 Å². The molecule has 0 fully saturated rings. The summed E-state index contributed by atoms with van der Waals surface area (Å²) in [6, 6.07) is 10.4. The molecule has 23 heavy (non-hydrogen) atoms. The Morgan fingerprint density at radius 1 is 1.09 bits per heavy atom. The molecule has 1 unspecified atom stereocenters. The molecule has 5 heteroatoms. The fraction of sp³-hybridized carbons (Fsp3) is 0.611. The average Bonchev–Trinajstić information content (AvgIpc) is 2.41. The lowest BCUT2D eigenvalue weighted by atomic mass is 10.2. The molecule has 0 aliphatic rings. The Bertz CT molecular complexity index is 491. The highest BCUT2D eigenvalue weighted by atomic mass is 28.3. The van der Waals surface area contributed by atoms with E-state index < -0.39 is 14.6 Å². The first-order valence-electron chi connectivity index (χ1n) is 8.11. The quantitative estimate of drug-likeness (QED) is 0.774. The standard InChI is InChI=1S/C18H31NO3Si/c1-17(2,3)22-16(20)19(7)13-14-21-23(18(4,5)6)15-11-9-8-10-12-15/h8-12,23H,13-14H2,1-7H3. The summed E-state index contributed by atoms with van der Waals surface area (Å²) in [4.78, 5) is 13.5. The lowest BCUT2D eigenvalue weighted by Gasteiger charge is -2.30. The number of rotatable bonds is 5. The van der Waals surface area contributed by atoms with Crippen molar-refractivity contribution in [3.8, 4) is 0 Å². The third kappa shape index (κ3) is 7.18. The summed E-state index contributed by atoms with van der Waals surface area (Å²) in [7, 11) is 0.152. The molecule has 0 aromatic heterocycles. The first kappa shape index (κ1) is 19.7. The maximum absolute atomic E-state index is 12.0. The van der Waals surface area contributed by atoms with Crippen LogP contribution in [0, 0.1) is 0 Å². The maximum Gasteiger partial charge on any atom is 0.410 e. The van der Waals surface area contributed by atoms with Crippen LogP contribution in [-0.2, 0) is 9.16 Å². The second-order valence-corrected chi connectivity index (χ2v) is 11.4. The molecule has 1 atom stereocenters. The largest absolute Gasteiger partial charge is 0.444 e. The van der Waals surface area contributed by atoms with Gasteiger partial charge in [-0.2, -0.15) is 0 Å². The van der Waals surface area contributed by atoms with Crippen molar-refractivity contribution < 1.29 is 14.0 Å². The highest BCUT2D eigenvalue weighted by molar-refractivity contribution is 6.70. The van der Waals surface area contributed by atoms with Gasteiger partial charge in [-0.05, 0) is 31.0 Å². The van der Waals surface area contributed by atoms with E-state index in [1.165, 1.54) is 5.19 Å². The minimum Gasteiger partial charge on any atom is -0.444 e. The van der Waals surface area contributed by atoms with E-state index in [0.717, 1.165) is 0 Å². The first-order chi connectivity index (χ1) is 10.5.